The van der Waals surface area contributed by atoms with Crippen LogP contribution in [0.2, 0.25) is 0 Å². The Morgan fingerprint density at radius 2 is 1.88 bits per heavy atom. The lowest BCUT2D eigenvalue weighted by Gasteiger charge is -2.04. The van der Waals surface area contributed by atoms with Crippen molar-refractivity contribution in [1.29, 1.82) is 0 Å². The van der Waals surface area contributed by atoms with Crippen molar-refractivity contribution in [1.82, 2.24) is 10.2 Å². The van der Waals surface area contributed by atoms with Crippen LogP contribution < -0.4 is 0 Å². The van der Waals surface area contributed by atoms with E-state index in [9.17, 15) is 0 Å². The zero-order valence-corrected chi connectivity index (χ0v) is 11.1. The van der Waals surface area contributed by atoms with Gasteiger partial charge in [-0.05, 0) is 29.4 Å². The highest BCUT2D eigenvalue weighted by Crippen LogP contribution is 2.24. The Labute approximate surface area is 106 Å². The van der Waals surface area contributed by atoms with Crippen molar-refractivity contribution in [3.8, 4) is 11.5 Å². The number of benzene rings is 1. The molecule has 0 radical (unpaired) electrons. The number of aromatic nitrogens is 2. The molecule has 0 saturated carbocycles. The van der Waals surface area contributed by atoms with Gasteiger partial charge in [0, 0.05) is 5.56 Å². The molecular formula is C13H16N2OS. The molecule has 2 aromatic rings. The molecule has 0 aliphatic rings. The second kappa shape index (κ2) is 5.36. The van der Waals surface area contributed by atoms with E-state index in [1.54, 1.807) is 11.8 Å². The van der Waals surface area contributed by atoms with Crippen molar-refractivity contribution < 1.29 is 4.42 Å². The highest BCUT2D eigenvalue weighted by Gasteiger charge is 2.08. The molecule has 3 nitrogen and oxygen atoms in total. The highest BCUT2D eigenvalue weighted by molar-refractivity contribution is 7.99. The molecule has 0 unspecified atom stereocenters. The molecule has 0 aliphatic heterocycles. The van der Waals surface area contributed by atoms with Gasteiger partial charge in [-0.3, -0.25) is 0 Å². The van der Waals surface area contributed by atoms with E-state index in [1.165, 1.54) is 5.56 Å². The quantitative estimate of drug-likeness (QED) is 0.767. The van der Waals surface area contributed by atoms with E-state index in [4.69, 9.17) is 4.42 Å². The normalized spacial score (nSPS) is 11.1. The van der Waals surface area contributed by atoms with Gasteiger partial charge in [-0.25, -0.2) is 0 Å². The van der Waals surface area contributed by atoms with Gasteiger partial charge < -0.3 is 4.42 Å². The van der Waals surface area contributed by atoms with Crippen molar-refractivity contribution in [3.63, 3.8) is 0 Å². The molecule has 1 aromatic carbocycles. The van der Waals surface area contributed by atoms with E-state index >= 15 is 0 Å². The van der Waals surface area contributed by atoms with Crippen molar-refractivity contribution >= 4 is 11.8 Å². The summed E-state index contributed by atoms with van der Waals surface area (Å²) in [4.78, 5) is 0. The van der Waals surface area contributed by atoms with Crippen LogP contribution in [0.5, 0.6) is 0 Å². The van der Waals surface area contributed by atoms with Crippen molar-refractivity contribution in [2.24, 2.45) is 0 Å². The number of hydrogen-bond acceptors (Lipinski definition) is 4. The fourth-order valence-electron chi connectivity index (χ4n) is 1.52. The minimum Gasteiger partial charge on any atom is -0.411 e. The van der Waals surface area contributed by atoms with Crippen LogP contribution in [0.15, 0.2) is 33.9 Å². The number of hydrogen-bond donors (Lipinski definition) is 0. The summed E-state index contributed by atoms with van der Waals surface area (Å²) in [6.45, 7) is 6.42. The Morgan fingerprint density at radius 1 is 1.18 bits per heavy atom. The van der Waals surface area contributed by atoms with Gasteiger partial charge in [-0.2, -0.15) is 0 Å². The Kier molecular flexibility index (Phi) is 3.84. The van der Waals surface area contributed by atoms with Crippen LogP contribution in [0.3, 0.4) is 0 Å². The van der Waals surface area contributed by atoms with E-state index in [0.717, 1.165) is 11.3 Å². The number of rotatable bonds is 4. The van der Waals surface area contributed by atoms with E-state index in [-0.39, 0.29) is 0 Å². The molecule has 0 N–H and O–H groups in total. The summed E-state index contributed by atoms with van der Waals surface area (Å²) < 4.78 is 5.55. The average Bonchev–Trinajstić information content (AvgIpc) is 2.78. The predicted molar refractivity (Wildman–Crippen MR) is 70.2 cm³/mol. The summed E-state index contributed by atoms with van der Waals surface area (Å²) in [6, 6.07) is 8.28. The van der Waals surface area contributed by atoms with Gasteiger partial charge in [0.2, 0.25) is 5.89 Å². The van der Waals surface area contributed by atoms with Crippen molar-refractivity contribution in [3.05, 3.63) is 29.8 Å². The topological polar surface area (TPSA) is 38.9 Å². The Bertz CT molecular complexity index is 476. The maximum atomic E-state index is 5.55. The fraction of sp³-hybridized carbons (Fsp3) is 0.385. The Balaban J connectivity index is 2.21. The van der Waals surface area contributed by atoms with Gasteiger partial charge in [0.05, 0.1) is 0 Å². The van der Waals surface area contributed by atoms with Gasteiger partial charge in [-0.1, -0.05) is 44.7 Å². The summed E-state index contributed by atoms with van der Waals surface area (Å²) in [7, 11) is 0. The lowest BCUT2D eigenvalue weighted by Crippen LogP contribution is -1.86. The minimum absolute atomic E-state index is 0.540. The van der Waals surface area contributed by atoms with Crippen LogP contribution in [0.4, 0.5) is 0 Å². The molecule has 0 fully saturated rings. The Morgan fingerprint density at radius 3 is 2.47 bits per heavy atom. The summed E-state index contributed by atoms with van der Waals surface area (Å²) in [6.07, 6.45) is 0. The maximum absolute atomic E-state index is 5.55. The first-order valence-electron chi connectivity index (χ1n) is 5.77. The lowest BCUT2D eigenvalue weighted by molar-refractivity contribution is 0.466. The standard InChI is InChI=1S/C13H16N2OS/c1-4-17-13-15-14-12(16-13)11-7-5-10(6-8-11)9(2)3/h5-9H,4H2,1-3H3. The molecule has 90 valence electrons. The predicted octanol–water partition coefficient (Wildman–Crippen LogP) is 3.97. The van der Waals surface area contributed by atoms with E-state index in [2.05, 4.69) is 43.1 Å². The first-order valence-corrected chi connectivity index (χ1v) is 6.76. The van der Waals surface area contributed by atoms with E-state index in [0.29, 0.717) is 17.0 Å². The monoisotopic (exact) mass is 248 g/mol. The molecule has 0 atom stereocenters. The molecule has 0 amide bonds. The van der Waals surface area contributed by atoms with Gasteiger partial charge >= 0.3 is 0 Å². The molecule has 1 heterocycles. The first-order chi connectivity index (χ1) is 8.20. The molecule has 0 bridgehead atoms. The van der Waals surface area contributed by atoms with Crippen molar-refractivity contribution in [2.45, 2.75) is 31.9 Å². The highest BCUT2D eigenvalue weighted by atomic mass is 32.2. The van der Waals surface area contributed by atoms with Crippen LogP contribution in [-0.4, -0.2) is 16.0 Å². The third kappa shape index (κ3) is 2.88. The maximum Gasteiger partial charge on any atom is 0.276 e. The second-order valence-electron chi connectivity index (χ2n) is 4.08. The molecule has 0 saturated heterocycles. The van der Waals surface area contributed by atoms with Crippen LogP contribution in [0, 0.1) is 0 Å². The molecule has 17 heavy (non-hydrogen) atoms. The zero-order chi connectivity index (χ0) is 12.3. The van der Waals surface area contributed by atoms with E-state index < -0.39 is 0 Å². The molecule has 0 spiro atoms. The van der Waals surface area contributed by atoms with Gasteiger partial charge in [0.1, 0.15) is 0 Å². The number of nitrogens with zero attached hydrogens (tertiary/aromatic N) is 2. The third-order valence-corrected chi connectivity index (χ3v) is 3.20. The first kappa shape index (κ1) is 12.2. The van der Waals surface area contributed by atoms with Gasteiger partial charge in [-0.15, -0.1) is 10.2 Å². The van der Waals surface area contributed by atoms with Crippen LogP contribution in [0.25, 0.3) is 11.5 Å². The van der Waals surface area contributed by atoms with Crippen LogP contribution in [0.1, 0.15) is 32.3 Å². The average molecular weight is 248 g/mol. The third-order valence-electron chi connectivity index (χ3n) is 2.50. The summed E-state index contributed by atoms with van der Waals surface area (Å²) in [5, 5.41) is 8.66. The van der Waals surface area contributed by atoms with Crippen LogP contribution >= 0.6 is 11.8 Å². The smallest absolute Gasteiger partial charge is 0.276 e. The van der Waals surface area contributed by atoms with Gasteiger partial charge in [0.15, 0.2) is 0 Å². The van der Waals surface area contributed by atoms with E-state index in [1.807, 2.05) is 12.1 Å². The SMILES string of the molecule is CCSc1nnc(-c2ccc(C(C)C)cc2)o1. The minimum atomic E-state index is 0.540. The Hall–Kier alpha value is -1.29. The lowest BCUT2D eigenvalue weighted by atomic mass is 10.0. The summed E-state index contributed by atoms with van der Waals surface area (Å²) >= 11 is 1.56. The van der Waals surface area contributed by atoms with Crippen LogP contribution in [-0.2, 0) is 0 Å². The van der Waals surface area contributed by atoms with Crippen molar-refractivity contribution in [2.75, 3.05) is 5.75 Å². The molecular weight excluding hydrogens is 232 g/mol. The molecule has 1 aromatic heterocycles. The largest absolute Gasteiger partial charge is 0.411 e. The number of thioether (sulfide) groups is 1. The fourth-order valence-corrected chi connectivity index (χ4v) is 2.00. The summed E-state index contributed by atoms with van der Waals surface area (Å²) in [5.41, 5.74) is 2.29. The molecule has 2 rings (SSSR count). The summed E-state index contributed by atoms with van der Waals surface area (Å²) in [5.74, 6) is 2.07. The molecule has 0 aliphatic carbocycles. The zero-order valence-electron chi connectivity index (χ0n) is 10.3. The van der Waals surface area contributed by atoms with Gasteiger partial charge in [0.25, 0.3) is 5.22 Å². The second-order valence-corrected chi connectivity index (χ2v) is 5.30. The molecule has 4 heteroatoms.